The van der Waals surface area contributed by atoms with E-state index < -0.39 is 0 Å². The van der Waals surface area contributed by atoms with Crippen molar-refractivity contribution in [3.8, 4) is 0 Å². The Morgan fingerprint density at radius 3 is 1.56 bits per heavy atom. The van der Waals surface area contributed by atoms with Gasteiger partial charge in [-0.05, 0) is 17.5 Å². The molecule has 1 heterocycles. The zero-order chi connectivity index (χ0) is 23.7. The van der Waals surface area contributed by atoms with E-state index in [4.69, 9.17) is 0 Å². The van der Waals surface area contributed by atoms with E-state index in [0.29, 0.717) is 6.17 Å². The van der Waals surface area contributed by atoms with Crippen LogP contribution in [-0.2, 0) is 13.0 Å². The van der Waals surface area contributed by atoms with Crippen LogP contribution in [0.1, 0.15) is 102 Å². The fraction of sp³-hybridized carbons (Fsp3) is 0.562. The molecule has 0 fully saturated rings. The maximum Gasteiger partial charge on any atom is 0.105 e. The minimum atomic E-state index is 0.417. The first-order valence-electron chi connectivity index (χ1n) is 14.1. The topological polar surface area (TPSA) is 6.48 Å². The van der Waals surface area contributed by atoms with Crippen molar-refractivity contribution in [3.05, 3.63) is 84.2 Å². The fourth-order valence-electron chi connectivity index (χ4n) is 5.11. The Kier molecular flexibility index (Phi) is 12.7. The number of unbranched alkanes of at least 4 members (excludes halogenated alkanes) is 12. The number of nitrogens with zero attached hydrogens (tertiary/aromatic N) is 2. The largest absolute Gasteiger partial charge is 0.356 e. The van der Waals surface area contributed by atoms with Gasteiger partial charge >= 0.3 is 0 Å². The van der Waals surface area contributed by atoms with Crippen molar-refractivity contribution in [3.63, 3.8) is 0 Å². The predicted molar refractivity (Wildman–Crippen MR) is 147 cm³/mol. The van der Waals surface area contributed by atoms with E-state index >= 15 is 0 Å². The molecular formula is C32H48N2. The lowest BCUT2D eigenvalue weighted by molar-refractivity contribution is 0.144. The first-order valence-corrected chi connectivity index (χ1v) is 14.1. The molecule has 0 aliphatic carbocycles. The first kappa shape index (κ1) is 26.4. The molecule has 0 saturated carbocycles. The lowest BCUT2D eigenvalue weighted by atomic mass is 10.0. The zero-order valence-corrected chi connectivity index (χ0v) is 21.7. The van der Waals surface area contributed by atoms with Crippen molar-refractivity contribution in [1.29, 1.82) is 0 Å². The SMILES string of the molecule is CCCCCCCCCCCCCCCN1C=CN(Cc2ccccc2)C1Cc1ccccc1. The van der Waals surface area contributed by atoms with Crippen molar-refractivity contribution in [2.24, 2.45) is 0 Å². The third-order valence-corrected chi connectivity index (χ3v) is 7.20. The molecule has 186 valence electrons. The lowest BCUT2D eigenvalue weighted by Gasteiger charge is -2.33. The molecule has 1 atom stereocenters. The standard InChI is InChI=1S/C32H48N2/c1-2-3-4-5-6-7-8-9-10-11-12-13-20-25-33-26-27-34(29-31-23-18-15-19-24-31)32(33)28-30-21-16-14-17-22-30/h14-19,21-24,26-27,32H,2-13,20,25,28-29H2,1H3. The Morgan fingerprint density at radius 1 is 0.529 bits per heavy atom. The molecule has 0 amide bonds. The lowest BCUT2D eigenvalue weighted by Crippen LogP contribution is -2.40. The molecular weight excluding hydrogens is 412 g/mol. The van der Waals surface area contributed by atoms with Crippen LogP contribution in [0.4, 0.5) is 0 Å². The Balaban J connectivity index is 1.33. The highest BCUT2D eigenvalue weighted by Crippen LogP contribution is 2.23. The number of benzene rings is 2. The van der Waals surface area contributed by atoms with E-state index in [0.717, 1.165) is 19.5 Å². The first-order chi connectivity index (χ1) is 16.9. The van der Waals surface area contributed by atoms with Crippen LogP contribution >= 0.6 is 0 Å². The highest BCUT2D eigenvalue weighted by Gasteiger charge is 2.26. The molecule has 1 aliphatic rings. The quantitative estimate of drug-likeness (QED) is 0.205. The summed E-state index contributed by atoms with van der Waals surface area (Å²) in [5, 5.41) is 0. The van der Waals surface area contributed by atoms with Gasteiger partial charge in [0.15, 0.2) is 0 Å². The van der Waals surface area contributed by atoms with E-state index in [1.165, 1.54) is 94.6 Å². The second kappa shape index (κ2) is 16.4. The van der Waals surface area contributed by atoms with Crippen molar-refractivity contribution < 1.29 is 0 Å². The summed E-state index contributed by atoms with van der Waals surface area (Å²) in [6.07, 6.45) is 24.5. The van der Waals surface area contributed by atoms with Crippen LogP contribution in [0, 0.1) is 0 Å². The van der Waals surface area contributed by atoms with E-state index in [1.807, 2.05) is 0 Å². The molecule has 34 heavy (non-hydrogen) atoms. The Morgan fingerprint density at radius 2 is 1.00 bits per heavy atom. The van der Waals surface area contributed by atoms with Gasteiger partial charge in [0.25, 0.3) is 0 Å². The monoisotopic (exact) mass is 460 g/mol. The smallest absolute Gasteiger partial charge is 0.105 e. The molecule has 0 saturated heterocycles. The van der Waals surface area contributed by atoms with Crippen LogP contribution in [0.25, 0.3) is 0 Å². The third-order valence-electron chi connectivity index (χ3n) is 7.20. The molecule has 3 rings (SSSR count). The minimum Gasteiger partial charge on any atom is -0.356 e. The summed E-state index contributed by atoms with van der Waals surface area (Å²) < 4.78 is 0. The molecule has 2 heteroatoms. The zero-order valence-electron chi connectivity index (χ0n) is 21.7. The van der Waals surface area contributed by atoms with E-state index in [2.05, 4.69) is 89.8 Å². The third kappa shape index (κ3) is 9.95. The fourth-order valence-corrected chi connectivity index (χ4v) is 5.11. The van der Waals surface area contributed by atoms with Gasteiger partial charge in [0, 0.05) is 31.9 Å². The molecule has 1 unspecified atom stereocenters. The van der Waals surface area contributed by atoms with Crippen LogP contribution < -0.4 is 0 Å². The Bertz CT molecular complexity index is 770. The van der Waals surface area contributed by atoms with Gasteiger partial charge in [-0.1, -0.05) is 145 Å². The highest BCUT2D eigenvalue weighted by atomic mass is 15.4. The number of hydrogen-bond acceptors (Lipinski definition) is 2. The molecule has 2 nitrogen and oxygen atoms in total. The Hall–Kier alpha value is -2.22. The predicted octanol–water partition coefficient (Wildman–Crippen LogP) is 8.94. The second-order valence-corrected chi connectivity index (χ2v) is 10.1. The summed E-state index contributed by atoms with van der Waals surface area (Å²) in [5.41, 5.74) is 2.80. The normalized spacial score (nSPS) is 15.4. The van der Waals surface area contributed by atoms with Gasteiger partial charge in [-0.3, -0.25) is 0 Å². The minimum absolute atomic E-state index is 0.417. The summed E-state index contributed by atoms with van der Waals surface area (Å²) in [5.74, 6) is 0. The van der Waals surface area contributed by atoms with Crippen LogP contribution in [-0.4, -0.2) is 22.5 Å². The molecule has 0 bridgehead atoms. The number of hydrogen-bond donors (Lipinski definition) is 0. The molecule has 2 aromatic rings. The molecule has 0 N–H and O–H groups in total. The van der Waals surface area contributed by atoms with Gasteiger partial charge in [0.2, 0.25) is 0 Å². The van der Waals surface area contributed by atoms with Crippen molar-refractivity contribution in [2.75, 3.05) is 6.54 Å². The summed E-state index contributed by atoms with van der Waals surface area (Å²) in [7, 11) is 0. The maximum absolute atomic E-state index is 2.58. The van der Waals surface area contributed by atoms with Crippen molar-refractivity contribution in [1.82, 2.24) is 9.80 Å². The van der Waals surface area contributed by atoms with E-state index in [9.17, 15) is 0 Å². The molecule has 0 spiro atoms. The van der Waals surface area contributed by atoms with E-state index in [-0.39, 0.29) is 0 Å². The van der Waals surface area contributed by atoms with Gasteiger partial charge in [0.1, 0.15) is 6.17 Å². The summed E-state index contributed by atoms with van der Waals surface area (Å²) in [6, 6.07) is 21.8. The van der Waals surface area contributed by atoms with Crippen LogP contribution in [0.15, 0.2) is 73.1 Å². The van der Waals surface area contributed by atoms with Gasteiger partial charge in [0.05, 0.1) is 0 Å². The molecule has 2 aromatic carbocycles. The van der Waals surface area contributed by atoms with Crippen molar-refractivity contribution in [2.45, 2.75) is 110 Å². The van der Waals surface area contributed by atoms with Gasteiger partial charge in [-0.15, -0.1) is 0 Å². The van der Waals surface area contributed by atoms with E-state index in [1.54, 1.807) is 0 Å². The highest BCUT2D eigenvalue weighted by molar-refractivity contribution is 5.19. The van der Waals surface area contributed by atoms with Crippen LogP contribution in [0.3, 0.4) is 0 Å². The average Bonchev–Trinajstić information content (AvgIpc) is 3.24. The number of rotatable bonds is 18. The summed E-state index contributed by atoms with van der Waals surface area (Å²) in [4.78, 5) is 5.10. The van der Waals surface area contributed by atoms with Gasteiger partial charge in [-0.25, -0.2) is 0 Å². The second-order valence-electron chi connectivity index (χ2n) is 10.1. The van der Waals surface area contributed by atoms with Crippen LogP contribution in [0.5, 0.6) is 0 Å². The summed E-state index contributed by atoms with van der Waals surface area (Å²) in [6.45, 7) is 4.44. The molecule has 1 aliphatic heterocycles. The average molecular weight is 461 g/mol. The Labute approximate surface area is 210 Å². The van der Waals surface area contributed by atoms with Crippen molar-refractivity contribution >= 4 is 0 Å². The maximum atomic E-state index is 2.58. The van der Waals surface area contributed by atoms with Gasteiger partial charge < -0.3 is 9.80 Å². The summed E-state index contributed by atoms with van der Waals surface area (Å²) >= 11 is 0. The molecule has 0 radical (unpaired) electrons. The molecule has 0 aromatic heterocycles. The van der Waals surface area contributed by atoms with Crippen LogP contribution in [0.2, 0.25) is 0 Å². The van der Waals surface area contributed by atoms with Gasteiger partial charge in [-0.2, -0.15) is 0 Å².